The van der Waals surface area contributed by atoms with Crippen LogP contribution in [0.15, 0.2) is 12.2 Å². The van der Waals surface area contributed by atoms with Crippen LogP contribution in [0.4, 0.5) is 0 Å². The zero-order valence-corrected chi connectivity index (χ0v) is 7.63. The van der Waals surface area contributed by atoms with Crippen LogP contribution in [0.3, 0.4) is 0 Å². The molecule has 66 valence electrons. The van der Waals surface area contributed by atoms with Crippen molar-refractivity contribution in [3.63, 3.8) is 0 Å². The lowest BCUT2D eigenvalue weighted by Gasteiger charge is -2.34. The van der Waals surface area contributed by atoms with E-state index in [9.17, 15) is 0 Å². The summed E-state index contributed by atoms with van der Waals surface area (Å²) in [5.41, 5.74) is 0.378. The van der Waals surface area contributed by atoms with Gasteiger partial charge in [-0.25, -0.2) is 0 Å². The third-order valence-corrected chi connectivity index (χ3v) is 3.94. The molecule has 0 saturated carbocycles. The number of ether oxygens (including phenoxy) is 1. The van der Waals surface area contributed by atoms with E-state index in [2.05, 4.69) is 31.3 Å². The van der Waals surface area contributed by atoms with Gasteiger partial charge >= 0.3 is 0 Å². The van der Waals surface area contributed by atoms with Gasteiger partial charge in [-0.15, -0.1) is 0 Å². The fraction of sp³-hybridized carbons (Fsp3) is 0.800. The Morgan fingerprint density at radius 3 is 3.08 bits per heavy atom. The fourth-order valence-corrected chi connectivity index (χ4v) is 3.15. The van der Waals surface area contributed by atoms with Crippen molar-refractivity contribution in [3.8, 4) is 0 Å². The molecule has 12 heavy (non-hydrogen) atoms. The third-order valence-electron chi connectivity index (χ3n) is 3.94. The summed E-state index contributed by atoms with van der Waals surface area (Å²) in [4.78, 5) is 0. The van der Waals surface area contributed by atoms with Gasteiger partial charge in [0.25, 0.3) is 0 Å². The monoisotopic (exact) mass is 165 g/mol. The quantitative estimate of drug-likeness (QED) is 0.542. The van der Waals surface area contributed by atoms with Crippen LogP contribution in [0.5, 0.6) is 0 Å². The minimum atomic E-state index is 0.0255. The summed E-state index contributed by atoms with van der Waals surface area (Å²) >= 11 is 0. The highest BCUT2D eigenvalue weighted by Crippen LogP contribution is 2.55. The van der Waals surface area contributed by atoms with E-state index in [0.29, 0.717) is 17.6 Å². The molecule has 0 aromatic carbocycles. The number of hydrogen-bond acceptors (Lipinski definition) is 2. The van der Waals surface area contributed by atoms with Gasteiger partial charge in [0.2, 0.25) is 0 Å². The van der Waals surface area contributed by atoms with Gasteiger partial charge in [0.15, 0.2) is 0 Å². The van der Waals surface area contributed by atoms with Crippen LogP contribution in [0, 0.1) is 5.41 Å². The summed E-state index contributed by atoms with van der Waals surface area (Å²) in [5, 5.41) is 3.50. The van der Waals surface area contributed by atoms with E-state index in [1.54, 1.807) is 0 Å². The van der Waals surface area contributed by atoms with Crippen molar-refractivity contribution in [2.75, 3.05) is 6.54 Å². The summed E-state index contributed by atoms with van der Waals surface area (Å²) in [7, 11) is 0. The Hall–Kier alpha value is -0.340. The second-order valence-corrected chi connectivity index (χ2v) is 4.68. The van der Waals surface area contributed by atoms with Crippen LogP contribution in [0.2, 0.25) is 0 Å². The van der Waals surface area contributed by atoms with Crippen molar-refractivity contribution in [1.82, 2.24) is 5.32 Å². The van der Waals surface area contributed by atoms with Gasteiger partial charge in [0.1, 0.15) is 5.60 Å². The topological polar surface area (TPSA) is 21.3 Å². The van der Waals surface area contributed by atoms with E-state index >= 15 is 0 Å². The lowest BCUT2D eigenvalue weighted by Crippen LogP contribution is -2.45. The molecule has 0 aromatic rings. The molecule has 1 spiro atoms. The van der Waals surface area contributed by atoms with E-state index in [1.807, 2.05) is 0 Å². The highest BCUT2D eigenvalue weighted by molar-refractivity contribution is 5.30. The molecule has 3 aliphatic rings. The lowest BCUT2D eigenvalue weighted by atomic mass is 9.70. The van der Waals surface area contributed by atoms with Crippen LogP contribution >= 0.6 is 0 Å². The number of nitrogens with one attached hydrogen (secondary N) is 1. The molecular weight excluding hydrogens is 150 g/mol. The summed E-state index contributed by atoms with van der Waals surface area (Å²) in [6, 6.07) is 0.478. The van der Waals surface area contributed by atoms with Crippen molar-refractivity contribution in [2.45, 2.75) is 38.0 Å². The second-order valence-electron chi connectivity index (χ2n) is 4.68. The molecule has 0 radical (unpaired) electrons. The van der Waals surface area contributed by atoms with E-state index in [4.69, 9.17) is 4.74 Å². The molecular formula is C10H15NO. The first-order chi connectivity index (χ1) is 5.66. The van der Waals surface area contributed by atoms with E-state index in [-0.39, 0.29) is 5.60 Å². The van der Waals surface area contributed by atoms with Gasteiger partial charge in [-0.3, -0.25) is 0 Å². The Kier molecular flexibility index (Phi) is 1.05. The van der Waals surface area contributed by atoms with Crippen molar-refractivity contribution in [3.05, 3.63) is 12.2 Å². The molecule has 0 amide bonds. The van der Waals surface area contributed by atoms with Crippen LogP contribution in [-0.4, -0.2) is 24.3 Å². The van der Waals surface area contributed by atoms with Gasteiger partial charge in [0.05, 0.1) is 6.10 Å². The molecule has 4 atom stereocenters. The SMILES string of the molecule is C[C@@H]1NC[C@@]2(C)C[C@@H]3C=C[C@]12O3. The highest BCUT2D eigenvalue weighted by atomic mass is 16.5. The average Bonchev–Trinajstić information content (AvgIpc) is 2.61. The van der Waals surface area contributed by atoms with Gasteiger partial charge < -0.3 is 10.1 Å². The number of hydrogen-bond donors (Lipinski definition) is 1. The standard InChI is InChI=1S/C10H15NO/c1-7-10-4-3-8(12-10)5-9(10,2)6-11-7/h3-4,7-8,11H,5-6H2,1-2H3/t7-,8-,9+,10-/m0/s1. The first-order valence-electron chi connectivity index (χ1n) is 4.77. The third kappa shape index (κ3) is 0.539. The summed E-state index contributed by atoms with van der Waals surface area (Å²) in [6.45, 7) is 5.67. The predicted octanol–water partition coefficient (Wildman–Crippen LogP) is 1.08. The zero-order valence-electron chi connectivity index (χ0n) is 7.63. The maximum absolute atomic E-state index is 6.03. The van der Waals surface area contributed by atoms with Crippen molar-refractivity contribution in [1.29, 1.82) is 0 Å². The Balaban J connectivity index is 2.13. The smallest absolute Gasteiger partial charge is 0.109 e. The molecule has 3 rings (SSSR count). The first-order valence-corrected chi connectivity index (χ1v) is 4.77. The molecule has 3 aliphatic heterocycles. The molecule has 0 unspecified atom stereocenters. The number of fused-ring (bicyclic) bond motifs is 1. The van der Waals surface area contributed by atoms with Crippen LogP contribution < -0.4 is 5.32 Å². The predicted molar refractivity (Wildman–Crippen MR) is 46.9 cm³/mol. The molecule has 0 aliphatic carbocycles. The zero-order chi connectivity index (χ0) is 8.40. The maximum Gasteiger partial charge on any atom is 0.109 e. The molecule has 1 N–H and O–H groups in total. The van der Waals surface area contributed by atoms with Gasteiger partial charge in [-0.1, -0.05) is 19.1 Å². The lowest BCUT2D eigenvalue weighted by molar-refractivity contribution is -0.00875. The van der Waals surface area contributed by atoms with Crippen LogP contribution in [0.25, 0.3) is 0 Å². The molecule has 3 heterocycles. The van der Waals surface area contributed by atoms with E-state index in [0.717, 1.165) is 6.54 Å². The van der Waals surface area contributed by atoms with Crippen LogP contribution in [0.1, 0.15) is 20.3 Å². The minimum absolute atomic E-state index is 0.0255. The van der Waals surface area contributed by atoms with E-state index < -0.39 is 0 Å². The Labute approximate surface area is 73.0 Å². The Morgan fingerprint density at radius 1 is 1.58 bits per heavy atom. The molecule has 2 nitrogen and oxygen atoms in total. The number of rotatable bonds is 0. The van der Waals surface area contributed by atoms with Crippen molar-refractivity contribution < 1.29 is 4.74 Å². The van der Waals surface area contributed by atoms with Crippen LogP contribution in [-0.2, 0) is 4.74 Å². The largest absolute Gasteiger partial charge is 0.361 e. The van der Waals surface area contributed by atoms with Gasteiger partial charge in [0, 0.05) is 18.0 Å². The highest BCUT2D eigenvalue weighted by Gasteiger charge is 2.63. The molecule has 2 saturated heterocycles. The van der Waals surface area contributed by atoms with Gasteiger partial charge in [-0.05, 0) is 13.3 Å². The van der Waals surface area contributed by atoms with E-state index in [1.165, 1.54) is 6.42 Å². The normalized spacial score (nSPS) is 61.2. The Morgan fingerprint density at radius 2 is 2.42 bits per heavy atom. The fourth-order valence-electron chi connectivity index (χ4n) is 3.15. The van der Waals surface area contributed by atoms with Crippen molar-refractivity contribution in [2.24, 2.45) is 5.41 Å². The Bertz CT molecular complexity index is 263. The van der Waals surface area contributed by atoms with Crippen molar-refractivity contribution >= 4 is 0 Å². The van der Waals surface area contributed by atoms with Gasteiger partial charge in [-0.2, -0.15) is 0 Å². The average molecular weight is 165 g/mol. The molecule has 2 heteroatoms. The first kappa shape index (κ1) is 7.10. The molecule has 2 bridgehead atoms. The summed E-state index contributed by atoms with van der Waals surface area (Å²) in [5.74, 6) is 0. The maximum atomic E-state index is 6.03. The molecule has 0 aromatic heterocycles. The minimum Gasteiger partial charge on any atom is -0.361 e. The molecule has 2 fully saturated rings. The summed E-state index contributed by atoms with van der Waals surface area (Å²) in [6.07, 6.45) is 6.11. The summed E-state index contributed by atoms with van der Waals surface area (Å²) < 4.78 is 6.03. The second kappa shape index (κ2) is 1.78.